The fraction of sp³-hybridized carbons (Fsp3) is 0.750. The van der Waals surface area contributed by atoms with Crippen molar-refractivity contribution < 1.29 is 14.6 Å². The largest absolute Gasteiger partial charge is 0.444 e. The van der Waals surface area contributed by atoms with E-state index in [0.717, 1.165) is 6.42 Å². The van der Waals surface area contributed by atoms with Gasteiger partial charge in [0.05, 0.1) is 6.54 Å². The van der Waals surface area contributed by atoms with Crippen LogP contribution >= 0.6 is 0 Å². The Bertz CT molecular complexity index is 464. The molecule has 0 radical (unpaired) electrons. The zero-order valence-corrected chi connectivity index (χ0v) is 11.6. The second kappa shape index (κ2) is 5.16. The van der Waals surface area contributed by atoms with Gasteiger partial charge >= 0.3 is 6.09 Å². The van der Waals surface area contributed by atoms with Gasteiger partial charge in [-0.3, -0.25) is 0 Å². The number of hydrogen-bond donors (Lipinski definition) is 1. The highest BCUT2D eigenvalue weighted by Gasteiger charge is 2.26. The van der Waals surface area contributed by atoms with Crippen molar-refractivity contribution in [3.8, 4) is 0 Å². The fourth-order valence-electron chi connectivity index (χ4n) is 2.02. The zero-order valence-electron chi connectivity index (χ0n) is 11.6. The van der Waals surface area contributed by atoms with Gasteiger partial charge in [-0.1, -0.05) is 0 Å². The summed E-state index contributed by atoms with van der Waals surface area (Å²) in [7, 11) is 0. The molecular weight excluding hydrogens is 248 g/mol. The lowest BCUT2D eigenvalue weighted by Crippen LogP contribution is -2.36. The zero-order chi connectivity index (χ0) is 14.0. The third kappa shape index (κ3) is 3.23. The number of nitrogens with zero attached hydrogens (tertiary/aromatic N) is 4. The van der Waals surface area contributed by atoms with E-state index in [-0.39, 0.29) is 12.7 Å². The van der Waals surface area contributed by atoms with Gasteiger partial charge in [-0.25, -0.2) is 4.79 Å². The summed E-state index contributed by atoms with van der Waals surface area (Å²) < 4.78 is 7.23. The Hall–Kier alpha value is -1.63. The maximum absolute atomic E-state index is 12.0. The first-order valence-electron chi connectivity index (χ1n) is 6.40. The minimum atomic E-state index is -0.507. The molecule has 1 aromatic heterocycles. The van der Waals surface area contributed by atoms with Crippen LogP contribution in [0.4, 0.5) is 4.79 Å². The lowest BCUT2D eigenvalue weighted by molar-refractivity contribution is 0.0234. The highest BCUT2D eigenvalue weighted by atomic mass is 16.6. The number of hydrogen-bond acceptors (Lipinski definition) is 5. The number of ether oxygens (including phenoxy) is 1. The first-order chi connectivity index (χ1) is 8.90. The van der Waals surface area contributed by atoms with E-state index in [2.05, 4.69) is 10.2 Å². The third-order valence-corrected chi connectivity index (χ3v) is 2.84. The standard InChI is InChI=1S/C12H20N4O3/c1-12(2,3)19-11(18)15-5-4-6-16-9(7-15)13-14-10(16)8-17/h17H,4-8H2,1-3H3. The summed E-state index contributed by atoms with van der Waals surface area (Å²) in [6.45, 7) is 7.07. The normalized spacial score (nSPS) is 15.9. The highest BCUT2D eigenvalue weighted by Crippen LogP contribution is 2.16. The molecule has 1 aliphatic rings. The van der Waals surface area contributed by atoms with Crippen LogP contribution in [0.5, 0.6) is 0 Å². The van der Waals surface area contributed by atoms with E-state index >= 15 is 0 Å². The van der Waals surface area contributed by atoms with Crippen molar-refractivity contribution in [3.05, 3.63) is 11.6 Å². The SMILES string of the molecule is CC(C)(C)OC(=O)N1CCCn2c(CO)nnc2C1. The number of aromatic nitrogens is 3. The number of fused-ring (bicyclic) bond motifs is 1. The average Bonchev–Trinajstić information content (AvgIpc) is 2.55. The van der Waals surface area contributed by atoms with Crippen LogP contribution in [0.15, 0.2) is 0 Å². The molecule has 1 aliphatic heterocycles. The van der Waals surface area contributed by atoms with Gasteiger partial charge in [-0.2, -0.15) is 0 Å². The van der Waals surface area contributed by atoms with E-state index in [1.807, 2.05) is 25.3 Å². The van der Waals surface area contributed by atoms with Crippen molar-refractivity contribution in [2.24, 2.45) is 0 Å². The Kier molecular flexibility index (Phi) is 3.75. The third-order valence-electron chi connectivity index (χ3n) is 2.84. The molecule has 19 heavy (non-hydrogen) atoms. The van der Waals surface area contributed by atoms with Gasteiger partial charge in [0.1, 0.15) is 12.2 Å². The Labute approximate surface area is 112 Å². The number of carbonyl (C=O) groups is 1. The smallest absolute Gasteiger partial charge is 0.410 e. The molecule has 1 aromatic rings. The lowest BCUT2D eigenvalue weighted by atomic mass is 10.2. The summed E-state index contributed by atoms with van der Waals surface area (Å²) in [6.07, 6.45) is 0.451. The van der Waals surface area contributed by atoms with Crippen LogP contribution in [0, 0.1) is 0 Å². The Morgan fingerprint density at radius 2 is 2.11 bits per heavy atom. The van der Waals surface area contributed by atoms with Gasteiger partial charge in [0.25, 0.3) is 0 Å². The van der Waals surface area contributed by atoms with Gasteiger partial charge in [0.15, 0.2) is 11.6 Å². The highest BCUT2D eigenvalue weighted by molar-refractivity contribution is 5.68. The van der Waals surface area contributed by atoms with Crippen molar-refractivity contribution >= 4 is 6.09 Å². The molecule has 0 saturated carbocycles. The maximum Gasteiger partial charge on any atom is 0.410 e. The Morgan fingerprint density at radius 1 is 1.37 bits per heavy atom. The Morgan fingerprint density at radius 3 is 2.74 bits per heavy atom. The number of carbonyl (C=O) groups excluding carboxylic acids is 1. The van der Waals surface area contributed by atoms with E-state index in [0.29, 0.717) is 31.3 Å². The minimum Gasteiger partial charge on any atom is -0.444 e. The van der Waals surface area contributed by atoms with Gasteiger partial charge in [0, 0.05) is 13.1 Å². The summed E-state index contributed by atoms with van der Waals surface area (Å²) >= 11 is 0. The number of rotatable bonds is 1. The lowest BCUT2D eigenvalue weighted by Gasteiger charge is -2.25. The molecule has 0 fully saturated rings. The molecule has 7 nitrogen and oxygen atoms in total. The first-order valence-corrected chi connectivity index (χ1v) is 6.40. The van der Waals surface area contributed by atoms with Gasteiger partial charge in [-0.05, 0) is 27.2 Å². The second-order valence-corrected chi connectivity index (χ2v) is 5.60. The van der Waals surface area contributed by atoms with Crippen LogP contribution in [0.25, 0.3) is 0 Å². The molecule has 0 spiro atoms. The molecule has 0 aromatic carbocycles. The van der Waals surface area contributed by atoms with Crippen molar-refractivity contribution in [2.45, 2.75) is 52.5 Å². The predicted octanol–water partition coefficient (Wildman–Crippen LogP) is 0.911. The van der Waals surface area contributed by atoms with E-state index in [1.54, 1.807) is 4.90 Å². The molecule has 106 valence electrons. The monoisotopic (exact) mass is 268 g/mol. The van der Waals surface area contributed by atoms with Gasteiger partial charge in [-0.15, -0.1) is 10.2 Å². The van der Waals surface area contributed by atoms with E-state index < -0.39 is 5.60 Å². The van der Waals surface area contributed by atoms with Crippen LogP contribution in [0.2, 0.25) is 0 Å². The molecule has 0 aliphatic carbocycles. The molecule has 7 heteroatoms. The molecule has 1 N–H and O–H groups in total. The summed E-state index contributed by atoms with van der Waals surface area (Å²) in [5.74, 6) is 1.23. The minimum absolute atomic E-state index is 0.139. The van der Waals surface area contributed by atoms with Crippen molar-refractivity contribution in [1.82, 2.24) is 19.7 Å². The summed E-state index contributed by atoms with van der Waals surface area (Å²) in [6, 6.07) is 0. The first kappa shape index (κ1) is 13.8. The van der Waals surface area contributed by atoms with Crippen molar-refractivity contribution in [2.75, 3.05) is 6.54 Å². The second-order valence-electron chi connectivity index (χ2n) is 5.60. The van der Waals surface area contributed by atoms with Crippen molar-refractivity contribution in [1.29, 1.82) is 0 Å². The number of amides is 1. The molecule has 1 amide bonds. The summed E-state index contributed by atoms with van der Waals surface area (Å²) in [5.41, 5.74) is -0.507. The molecule has 0 bridgehead atoms. The molecule has 0 atom stereocenters. The molecular formula is C12H20N4O3. The molecule has 0 saturated heterocycles. The van der Waals surface area contributed by atoms with Crippen LogP contribution in [0.1, 0.15) is 38.8 Å². The number of aliphatic hydroxyl groups excluding tert-OH is 1. The Balaban J connectivity index is 2.11. The quantitative estimate of drug-likeness (QED) is 0.819. The van der Waals surface area contributed by atoms with Crippen LogP contribution in [0.3, 0.4) is 0 Å². The topological polar surface area (TPSA) is 80.5 Å². The van der Waals surface area contributed by atoms with Gasteiger partial charge < -0.3 is 19.3 Å². The van der Waals surface area contributed by atoms with Gasteiger partial charge in [0.2, 0.25) is 0 Å². The van der Waals surface area contributed by atoms with Crippen molar-refractivity contribution in [3.63, 3.8) is 0 Å². The maximum atomic E-state index is 12.0. The molecule has 0 unspecified atom stereocenters. The summed E-state index contributed by atoms with van der Waals surface area (Å²) in [4.78, 5) is 13.7. The predicted molar refractivity (Wildman–Crippen MR) is 67.2 cm³/mol. The molecule has 2 rings (SSSR count). The van der Waals surface area contributed by atoms with E-state index in [4.69, 9.17) is 4.74 Å². The van der Waals surface area contributed by atoms with E-state index in [1.165, 1.54) is 0 Å². The summed E-state index contributed by atoms with van der Waals surface area (Å²) in [5, 5.41) is 17.1. The van der Waals surface area contributed by atoms with Crippen LogP contribution in [-0.4, -0.2) is 43.0 Å². The molecule has 2 heterocycles. The van der Waals surface area contributed by atoms with Crippen LogP contribution in [-0.2, 0) is 24.4 Å². The average molecular weight is 268 g/mol. The van der Waals surface area contributed by atoms with E-state index in [9.17, 15) is 9.90 Å². The number of aliphatic hydroxyl groups is 1. The fourth-order valence-corrected chi connectivity index (χ4v) is 2.02. The van der Waals surface area contributed by atoms with Crippen LogP contribution < -0.4 is 0 Å².